The Kier molecular flexibility index (Phi) is 5.84. The van der Waals surface area contributed by atoms with Gasteiger partial charge in [-0.3, -0.25) is 4.79 Å². The van der Waals surface area contributed by atoms with Gasteiger partial charge in [0, 0.05) is 17.6 Å². The van der Waals surface area contributed by atoms with Gasteiger partial charge in [-0.25, -0.2) is 4.98 Å². The van der Waals surface area contributed by atoms with Crippen LogP contribution in [0.5, 0.6) is 0 Å². The maximum atomic E-state index is 12.4. The van der Waals surface area contributed by atoms with E-state index < -0.39 is 11.7 Å². The van der Waals surface area contributed by atoms with Crippen LogP contribution in [0.2, 0.25) is 0 Å². The molecule has 0 aliphatic rings. The van der Waals surface area contributed by atoms with E-state index in [0.717, 1.165) is 30.4 Å². The van der Waals surface area contributed by atoms with Crippen LogP contribution in [0.25, 0.3) is 0 Å². The lowest BCUT2D eigenvalue weighted by molar-refractivity contribution is -0.137. The van der Waals surface area contributed by atoms with E-state index in [1.165, 1.54) is 10.9 Å². The Morgan fingerprint density at radius 3 is 2.73 bits per heavy atom. The van der Waals surface area contributed by atoms with Crippen LogP contribution in [-0.2, 0) is 17.4 Å². The average molecular weight is 346 g/mol. The number of pyridine rings is 1. The summed E-state index contributed by atoms with van der Waals surface area (Å²) in [4.78, 5) is 16.5. The molecule has 2 aromatic rings. The van der Waals surface area contributed by atoms with Crippen LogP contribution in [0.15, 0.2) is 40.9 Å². The molecule has 0 radical (unpaired) electrons. The molecule has 3 nitrogen and oxygen atoms in total. The molecule has 0 unspecified atom stereocenters. The van der Waals surface area contributed by atoms with Gasteiger partial charge in [-0.15, -0.1) is 11.3 Å². The quantitative estimate of drug-likeness (QED) is 0.813. The zero-order valence-electron chi connectivity index (χ0n) is 11.4. The molecule has 1 N–H and O–H groups in total. The highest BCUT2D eigenvalue weighted by Gasteiger charge is 2.30. The number of halogens is 3. The second kappa shape index (κ2) is 7.64. The van der Waals surface area contributed by atoms with Gasteiger partial charge in [0.25, 0.3) is 0 Å². The van der Waals surface area contributed by atoms with Crippen molar-refractivity contribution in [3.05, 3.63) is 46.3 Å². The number of thioether (sulfide) groups is 1. The molecule has 0 bridgehead atoms. The lowest BCUT2D eigenvalue weighted by atomic mass is 10.3. The normalized spacial score (nSPS) is 11.4. The largest absolute Gasteiger partial charge is 0.417 e. The van der Waals surface area contributed by atoms with Crippen LogP contribution in [0.4, 0.5) is 13.2 Å². The first kappa shape index (κ1) is 16.8. The molecule has 2 heterocycles. The molecule has 0 atom stereocenters. The zero-order chi connectivity index (χ0) is 16.0. The summed E-state index contributed by atoms with van der Waals surface area (Å²) in [6.07, 6.45) is -2.85. The molecule has 118 valence electrons. The highest BCUT2D eigenvalue weighted by atomic mass is 32.2. The Morgan fingerprint density at radius 2 is 2.14 bits per heavy atom. The van der Waals surface area contributed by atoms with E-state index >= 15 is 0 Å². The number of aromatic nitrogens is 1. The third kappa shape index (κ3) is 5.34. The molecule has 0 aromatic carbocycles. The molecule has 22 heavy (non-hydrogen) atoms. The molecule has 8 heteroatoms. The van der Waals surface area contributed by atoms with Crippen LogP contribution in [0, 0.1) is 0 Å². The Bertz CT molecular complexity index is 598. The van der Waals surface area contributed by atoms with Crippen molar-refractivity contribution >= 4 is 29.0 Å². The van der Waals surface area contributed by atoms with Gasteiger partial charge < -0.3 is 5.32 Å². The summed E-state index contributed by atoms with van der Waals surface area (Å²) >= 11 is 2.74. The van der Waals surface area contributed by atoms with Crippen molar-refractivity contribution in [3.8, 4) is 0 Å². The van der Waals surface area contributed by atoms with Crippen molar-refractivity contribution < 1.29 is 18.0 Å². The van der Waals surface area contributed by atoms with Gasteiger partial charge in [-0.05, 0) is 30.0 Å². The van der Waals surface area contributed by atoms with Crippen LogP contribution in [0.3, 0.4) is 0 Å². The first-order valence-electron chi connectivity index (χ1n) is 6.40. The number of nitrogens with one attached hydrogen (secondary N) is 1. The van der Waals surface area contributed by atoms with Gasteiger partial charge in [-0.2, -0.15) is 13.2 Å². The second-order valence-corrected chi connectivity index (χ2v) is 6.38. The molecule has 0 saturated carbocycles. The summed E-state index contributed by atoms with van der Waals surface area (Å²) < 4.78 is 37.1. The zero-order valence-corrected chi connectivity index (χ0v) is 13.0. The van der Waals surface area contributed by atoms with Crippen molar-refractivity contribution in [1.82, 2.24) is 10.3 Å². The van der Waals surface area contributed by atoms with E-state index in [4.69, 9.17) is 0 Å². The summed E-state index contributed by atoms with van der Waals surface area (Å²) in [5.74, 6) is -0.0359. The smallest absolute Gasteiger partial charge is 0.355 e. The number of carbonyl (C=O) groups excluding carboxylic acids is 1. The number of rotatable bonds is 6. The highest BCUT2D eigenvalue weighted by molar-refractivity contribution is 7.99. The number of alkyl halides is 3. The number of carbonyl (C=O) groups is 1. The number of thiophene rings is 1. The standard InChI is InChI=1S/C14H13F3N2OS2/c15-14(16,17)10-3-4-13(19-8-10)22-9-12(20)18-6-5-11-2-1-7-21-11/h1-4,7-8H,5-6,9H2,(H,18,20). The molecule has 2 aromatic heterocycles. The number of nitrogens with zero attached hydrogens (tertiary/aromatic N) is 1. The van der Waals surface area contributed by atoms with E-state index in [2.05, 4.69) is 10.3 Å². The van der Waals surface area contributed by atoms with Crippen LogP contribution >= 0.6 is 23.1 Å². The van der Waals surface area contributed by atoms with Crippen molar-refractivity contribution in [2.75, 3.05) is 12.3 Å². The van der Waals surface area contributed by atoms with E-state index in [0.29, 0.717) is 11.6 Å². The third-order valence-electron chi connectivity index (χ3n) is 2.69. The van der Waals surface area contributed by atoms with E-state index in [1.54, 1.807) is 11.3 Å². The van der Waals surface area contributed by atoms with Gasteiger partial charge in [0.05, 0.1) is 16.3 Å². The van der Waals surface area contributed by atoms with Crippen molar-refractivity contribution in [1.29, 1.82) is 0 Å². The summed E-state index contributed by atoms with van der Waals surface area (Å²) in [6.45, 7) is 0.542. The Balaban J connectivity index is 1.71. The van der Waals surface area contributed by atoms with E-state index in [-0.39, 0.29) is 11.7 Å². The van der Waals surface area contributed by atoms with Gasteiger partial charge >= 0.3 is 6.18 Å². The monoisotopic (exact) mass is 346 g/mol. The molecule has 0 aliphatic heterocycles. The summed E-state index contributed by atoms with van der Waals surface area (Å²) in [5, 5.41) is 5.13. The summed E-state index contributed by atoms with van der Waals surface area (Å²) in [7, 11) is 0. The Morgan fingerprint density at radius 1 is 1.32 bits per heavy atom. The van der Waals surface area contributed by atoms with E-state index in [9.17, 15) is 18.0 Å². The predicted molar refractivity (Wildman–Crippen MR) is 81.0 cm³/mol. The molecule has 0 spiro atoms. The molecule has 1 amide bonds. The lowest BCUT2D eigenvalue weighted by Crippen LogP contribution is -2.27. The average Bonchev–Trinajstić information content (AvgIpc) is 2.98. The molecule has 2 rings (SSSR count). The maximum Gasteiger partial charge on any atom is 0.417 e. The van der Waals surface area contributed by atoms with Crippen molar-refractivity contribution in [2.24, 2.45) is 0 Å². The second-order valence-electron chi connectivity index (χ2n) is 4.35. The summed E-state index contributed by atoms with van der Waals surface area (Å²) in [5.41, 5.74) is -0.794. The number of hydrogen-bond donors (Lipinski definition) is 1. The minimum atomic E-state index is -4.39. The molecule has 0 fully saturated rings. The van der Waals surface area contributed by atoms with Crippen molar-refractivity contribution in [3.63, 3.8) is 0 Å². The first-order valence-corrected chi connectivity index (χ1v) is 8.27. The van der Waals surface area contributed by atoms with Gasteiger partial charge in [-0.1, -0.05) is 17.8 Å². The topological polar surface area (TPSA) is 42.0 Å². The van der Waals surface area contributed by atoms with Crippen LogP contribution in [0.1, 0.15) is 10.4 Å². The van der Waals surface area contributed by atoms with E-state index in [1.807, 2.05) is 17.5 Å². The maximum absolute atomic E-state index is 12.4. The van der Waals surface area contributed by atoms with Gasteiger partial charge in [0.15, 0.2) is 0 Å². The minimum Gasteiger partial charge on any atom is -0.355 e. The third-order valence-corrected chi connectivity index (χ3v) is 4.57. The van der Waals surface area contributed by atoms with Gasteiger partial charge in [0.2, 0.25) is 5.91 Å². The predicted octanol–water partition coefficient (Wildman–Crippen LogP) is 3.61. The summed E-state index contributed by atoms with van der Waals surface area (Å²) in [6, 6.07) is 6.18. The Hall–Kier alpha value is -1.54. The SMILES string of the molecule is O=C(CSc1ccc(C(F)(F)F)cn1)NCCc1cccs1. The highest BCUT2D eigenvalue weighted by Crippen LogP contribution is 2.29. The fourth-order valence-electron chi connectivity index (χ4n) is 1.60. The van der Waals surface area contributed by atoms with Crippen molar-refractivity contribution in [2.45, 2.75) is 17.6 Å². The van der Waals surface area contributed by atoms with Crippen LogP contribution in [-0.4, -0.2) is 23.2 Å². The molecule has 0 saturated heterocycles. The van der Waals surface area contributed by atoms with Crippen LogP contribution < -0.4 is 5.32 Å². The fraction of sp³-hybridized carbons (Fsp3) is 0.286. The lowest BCUT2D eigenvalue weighted by Gasteiger charge is -2.07. The molecular formula is C14H13F3N2OS2. The fourth-order valence-corrected chi connectivity index (χ4v) is 2.99. The molecule has 0 aliphatic carbocycles. The first-order chi connectivity index (χ1) is 10.4. The van der Waals surface area contributed by atoms with Gasteiger partial charge in [0.1, 0.15) is 0 Å². The number of amides is 1. The number of hydrogen-bond acceptors (Lipinski definition) is 4. The minimum absolute atomic E-state index is 0.128. The molecular weight excluding hydrogens is 333 g/mol. The Labute approximate surface area is 134 Å².